The fourth-order valence-corrected chi connectivity index (χ4v) is 5.13. The number of nitrogens with zero attached hydrogens (tertiary/aromatic N) is 2. The SMILES string of the molecule is Cc1ccc(CNC(=O)c2sc3nc4c(cc3c2N)N2CCC4CC2)cc1. The number of piperidine rings is 1. The molecule has 27 heavy (non-hydrogen) atoms. The van der Waals surface area contributed by atoms with Gasteiger partial charge in [-0.25, -0.2) is 4.98 Å². The van der Waals surface area contributed by atoms with Crippen LogP contribution < -0.4 is 16.0 Å². The van der Waals surface area contributed by atoms with Crippen molar-refractivity contribution in [2.45, 2.75) is 32.2 Å². The Hall–Kier alpha value is -2.60. The Morgan fingerprint density at radius 1 is 1.30 bits per heavy atom. The van der Waals surface area contributed by atoms with Crippen molar-refractivity contribution in [3.63, 3.8) is 0 Å². The number of rotatable bonds is 3. The van der Waals surface area contributed by atoms with Crippen molar-refractivity contribution >= 4 is 38.8 Å². The molecule has 1 saturated heterocycles. The number of carbonyl (C=O) groups is 1. The van der Waals surface area contributed by atoms with Crippen LogP contribution in [0, 0.1) is 6.92 Å². The summed E-state index contributed by atoms with van der Waals surface area (Å²) >= 11 is 1.40. The highest BCUT2D eigenvalue weighted by atomic mass is 32.1. The molecule has 6 heteroatoms. The second kappa shape index (κ2) is 6.23. The summed E-state index contributed by atoms with van der Waals surface area (Å²) in [6.45, 7) is 4.74. The summed E-state index contributed by atoms with van der Waals surface area (Å²) in [6.07, 6.45) is 2.35. The minimum Gasteiger partial charge on any atom is -0.397 e. The Balaban J connectivity index is 1.44. The van der Waals surface area contributed by atoms with Crippen LogP contribution in [0.25, 0.3) is 10.2 Å². The lowest BCUT2D eigenvalue weighted by molar-refractivity contribution is 0.0956. The van der Waals surface area contributed by atoms with E-state index in [1.165, 1.54) is 41.1 Å². The van der Waals surface area contributed by atoms with E-state index in [9.17, 15) is 4.79 Å². The number of nitrogens with two attached hydrogens (primary N) is 1. The number of hydrogen-bond donors (Lipinski definition) is 2. The smallest absolute Gasteiger partial charge is 0.263 e. The molecule has 1 aromatic carbocycles. The number of carbonyl (C=O) groups excluding carboxylic acids is 1. The summed E-state index contributed by atoms with van der Waals surface area (Å²) < 4.78 is 0. The lowest BCUT2D eigenvalue weighted by Gasteiger charge is -2.41. The van der Waals surface area contributed by atoms with Crippen LogP contribution in [0.1, 0.15) is 45.3 Å². The third-order valence-corrected chi connectivity index (χ3v) is 6.85. The van der Waals surface area contributed by atoms with Gasteiger partial charge in [-0.15, -0.1) is 11.3 Å². The minimum atomic E-state index is -0.127. The zero-order chi connectivity index (χ0) is 18.5. The Labute approximate surface area is 162 Å². The van der Waals surface area contributed by atoms with Gasteiger partial charge in [-0.1, -0.05) is 29.8 Å². The molecule has 1 fully saturated rings. The molecule has 3 aromatic rings. The van der Waals surface area contributed by atoms with Crippen LogP contribution >= 0.6 is 11.3 Å². The van der Waals surface area contributed by atoms with Crippen LogP contribution in [-0.2, 0) is 6.54 Å². The lowest BCUT2D eigenvalue weighted by atomic mass is 9.86. The van der Waals surface area contributed by atoms with Crippen LogP contribution in [-0.4, -0.2) is 24.0 Å². The summed E-state index contributed by atoms with van der Waals surface area (Å²) in [5.41, 5.74) is 11.6. The normalized spacial score (nSPS) is 16.0. The molecule has 138 valence electrons. The molecule has 3 aliphatic heterocycles. The molecule has 0 aliphatic carbocycles. The van der Waals surface area contributed by atoms with E-state index in [1.54, 1.807) is 0 Å². The first-order chi connectivity index (χ1) is 13.1. The van der Waals surface area contributed by atoms with Gasteiger partial charge in [0, 0.05) is 30.9 Å². The van der Waals surface area contributed by atoms with Gasteiger partial charge >= 0.3 is 0 Å². The molecule has 0 spiro atoms. The van der Waals surface area contributed by atoms with Gasteiger partial charge in [0.25, 0.3) is 5.91 Å². The molecule has 0 unspecified atom stereocenters. The molecule has 2 bridgehead atoms. The van der Waals surface area contributed by atoms with E-state index < -0.39 is 0 Å². The maximum absolute atomic E-state index is 12.7. The van der Waals surface area contributed by atoms with Gasteiger partial charge in [0.2, 0.25) is 0 Å². The van der Waals surface area contributed by atoms with Gasteiger partial charge in [-0.05, 0) is 31.4 Å². The predicted octanol–water partition coefficient (Wildman–Crippen LogP) is 3.81. The summed E-state index contributed by atoms with van der Waals surface area (Å²) in [5, 5.41) is 3.90. The molecule has 6 rings (SSSR count). The highest BCUT2D eigenvalue weighted by Crippen LogP contribution is 2.44. The van der Waals surface area contributed by atoms with Crippen molar-refractivity contribution in [3.8, 4) is 0 Å². The summed E-state index contributed by atoms with van der Waals surface area (Å²) in [6, 6.07) is 10.3. The van der Waals surface area contributed by atoms with E-state index in [1.807, 2.05) is 24.3 Å². The second-order valence-corrected chi connectivity index (χ2v) is 8.52. The number of thiophene rings is 1. The Bertz CT molecular complexity index is 1030. The first kappa shape index (κ1) is 16.6. The predicted molar refractivity (Wildman–Crippen MR) is 111 cm³/mol. The van der Waals surface area contributed by atoms with Crippen LogP contribution in [0.5, 0.6) is 0 Å². The lowest BCUT2D eigenvalue weighted by Crippen LogP contribution is -2.39. The summed E-state index contributed by atoms with van der Waals surface area (Å²) in [4.78, 5) is 21.5. The Morgan fingerprint density at radius 2 is 2.04 bits per heavy atom. The van der Waals surface area contributed by atoms with Crippen molar-refractivity contribution in [2.75, 3.05) is 23.7 Å². The third kappa shape index (κ3) is 2.75. The van der Waals surface area contributed by atoms with Crippen LogP contribution in [0.3, 0.4) is 0 Å². The molecule has 0 saturated carbocycles. The zero-order valence-corrected chi connectivity index (χ0v) is 16.1. The van der Waals surface area contributed by atoms with E-state index >= 15 is 0 Å². The highest BCUT2D eigenvalue weighted by Gasteiger charge is 2.33. The molecule has 3 N–H and O–H groups in total. The molecule has 3 aliphatic rings. The van der Waals surface area contributed by atoms with Crippen molar-refractivity contribution < 1.29 is 4.79 Å². The molecular weight excluding hydrogens is 356 g/mol. The molecular formula is C21H22N4OS. The monoisotopic (exact) mass is 378 g/mol. The molecule has 5 heterocycles. The van der Waals surface area contributed by atoms with E-state index in [4.69, 9.17) is 10.7 Å². The number of hydrogen-bond acceptors (Lipinski definition) is 5. The quantitative estimate of drug-likeness (QED) is 0.727. The molecule has 0 radical (unpaired) electrons. The second-order valence-electron chi connectivity index (χ2n) is 7.52. The number of pyridine rings is 1. The van der Waals surface area contributed by atoms with Gasteiger partial charge < -0.3 is 16.0 Å². The fraction of sp³-hybridized carbons (Fsp3) is 0.333. The average Bonchev–Trinajstić information content (AvgIpc) is 3.03. The van der Waals surface area contributed by atoms with Crippen molar-refractivity contribution in [1.29, 1.82) is 0 Å². The van der Waals surface area contributed by atoms with Gasteiger partial charge in [-0.2, -0.15) is 0 Å². The fourth-order valence-electron chi connectivity index (χ4n) is 4.13. The Morgan fingerprint density at radius 3 is 2.78 bits per heavy atom. The van der Waals surface area contributed by atoms with E-state index in [-0.39, 0.29) is 5.91 Å². The number of fused-ring (bicyclic) bond motifs is 3. The van der Waals surface area contributed by atoms with Gasteiger partial charge in [-0.3, -0.25) is 4.79 Å². The number of benzene rings is 1. The standard InChI is InChI=1S/C21H22N4OS/c1-12-2-4-13(5-3-12)11-23-20(26)19-17(22)15-10-16-18(24-21(15)27-19)14-6-8-25(16)9-7-14/h2-5,10,14H,6-9,11,22H2,1H3,(H,23,26). The van der Waals surface area contributed by atoms with E-state index in [0.717, 1.165) is 28.9 Å². The first-order valence-electron chi connectivity index (χ1n) is 9.42. The molecule has 0 atom stereocenters. The molecule has 5 nitrogen and oxygen atoms in total. The van der Waals surface area contributed by atoms with Gasteiger partial charge in [0.1, 0.15) is 9.71 Å². The molecule has 1 amide bonds. The van der Waals surface area contributed by atoms with Crippen LogP contribution in [0.4, 0.5) is 11.4 Å². The number of nitrogens with one attached hydrogen (secondary N) is 1. The highest BCUT2D eigenvalue weighted by molar-refractivity contribution is 7.21. The molecule has 2 aromatic heterocycles. The van der Waals surface area contributed by atoms with Crippen molar-refractivity contribution in [2.24, 2.45) is 0 Å². The number of nitrogen functional groups attached to an aromatic ring is 1. The number of aryl methyl sites for hydroxylation is 1. The topological polar surface area (TPSA) is 71.2 Å². The zero-order valence-electron chi connectivity index (χ0n) is 15.3. The van der Waals surface area contributed by atoms with E-state index in [0.29, 0.717) is 23.0 Å². The van der Waals surface area contributed by atoms with Gasteiger partial charge in [0.15, 0.2) is 0 Å². The number of amides is 1. The van der Waals surface area contributed by atoms with E-state index in [2.05, 4.69) is 23.2 Å². The average molecular weight is 379 g/mol. The van der Waals surface area contributed by atoms with Crippen molar-refractivity contribution in [1.82, 2.24) is 10.3 Å². The Kier molecular flexibility index (Phi) is 3.82. The van der Waals surface area contributed by atoms with Crippen LogP contribution in [0.15, 0.2) is 30.3 Å². The van der Waals surface area contributed by atoms with Crippen molar-refractivity contribution in [3.05, 3.63) is 52.0 Å². The van der Waals surface area contributed by atoms with Gasteiger partial charge in [0.05, 0.1) is 17.1 Å². The third-order valence-electron chi connectivity index (χ3n) is 5.73. The minimum absolute atomic E-state index is 0.127. The number of anilines is 2. The number of aromatic nitrogens is 1. The maximum Gasteiger partial charge on any atom is 0.263 e. The summed E-state index contributed by atoms with van der Waals surface area (Å²) in [5.74, 6) is 0.425. The van der Waals surface area contributed by atoms with Crippen LogP contribution in [0.2, 0.25) is 0 Å². The first-order valence-corrected chi connectivity index (χ1v) is 10.2. The largest absolute Gasteiger partial charge is 0.397 e. The maximum atomic E-state index is 12.7. The summed E-state index contributed by atoms with van der Waals surface area (Å²) in [7, 11) is 0.